The molecule has 0 unspecified atom stereocenters. The van der Waals surface area contributed by atoms with Gasteiger partial charge in [0.05, 0.1) is 0 Å². The van der Waals surface area contributed by atoms with Gasteiger partial charge in [0, 0.05) is 22.6 Å². The van der Waals surface area contributed by atoms with Gasteiger partial charge in [-0.25, -0.2) is 8.78 Å². The second kappa shape index (κ2) is 6.49. The van der Waals surface area contributed by atoms with Gasteiger partial charge < -0.3 is 5.11 Å². The van der Waals surface area contributed by atoms with Crippen LogP contribution in [0.5, 0.6) is 5.75 Å². The van der Waals surface area contributed by atoms with E-state index in [0.29, 0.717) is 0 Å². The number of benzene rings is 2. The molecule has 0 amide bonds. The molecule has 0 aliphatic heterocycles. The second-order valence-electron chi connectivity index (χ2n) is 5.48. The van der Waals surface area contributed by atoms with Crippen molar-refractivity contribution < 1.29 is 13.9 Å². The maximum atomic E-state index is 14.2. The molecule has 1 N–H and O–H groups in total. The van der Waals surface area contributed by atoms with Crippen LogP contribution in [0.1, 0.15) is 42.0 Å². The van der Waals surface area contributed by atoms with Crippen LogP contribution >= 0.6 is 11.6 Å². The first-order valence-corrected chi connectivity index (χ1v) is 7.33. The molecule has 2 aromatic carbocycles. The zero-order valence-corrected chi connectivity index (χ0v) is 13.2. The maximum Gasteiger partial charge on any atom is 0.166 e. The Morgan fingerprint density at radius 3 is 2.50 bits per heavy atom. The fraction of sp³-hybridized carbons (Fsp3) is 0.222. The van der Waals surface area contributed by atoms with Gasteiger partial charge in [-0.3, -0.25) is 0 Å². The molecule has 0 aliphatic carbocycles. The second-order valence-corrected chi connectivity index (χ2v) is 5.89. The van der Waals surface area contributed by atoms with E-state index in [9.17, 15) is 13.9 Å². The summed E-state index contributed by atoms with van der Waals surface area (Å²) in [6.07, 6.45) is 1.38. The van der Waals surface area contributed by atoms with E-state index in [1.54, 1.807) is 18.2 Å². The van der Waals surface area contributed by atoms with Crippen LogP contribution in [0.3, 0.4) is 0 Å². The van der Waals surface area contributed by atoms with Crippen molar-refractivity contribution in [1.82, 2.24) is 0 Å². The normalized spacial score (nSPS) is 11.0. The predicted octanol–water partition coefficient (Wildman–Crippen LogP) is 5.68. The highest BCUT2D eigenvalue weighted by molar-refractivity contribution is 6.31. The van der Waals surface area contributed by atoms with E-state index in [0.717, 1.165) is 11.1 Å². The summed E-state index contributed by atoms with van der Waals surface area (Å²) in [6, 6.07) is 6.39. The molecule has 0 fully saturated rings. The molecule has 1 nitrogen and oxygen atoms in total. The van der Waals surface area contributed by atoms with Crippen LogP contribution in [-0.4, -0.2) is 5.11 Å². The molecule has 22 heavy (non-hydrogen) atoms. The minimum atomic E-state index is -0.957. The van der Waals surface area contributed by atoms with Crippen molar-refractivity contribution in [1.29, 1.82) is 0 Å². The summed E-state index contributed by atoms with van der Waals surface area (Å²) in [5, 5.41) is 9.98. The molecular formula is C18H17ClF2O. The van der Waals surface area contributed by atoms with Crippen molar-refractivity contribution in [2.45, 2.75) is 26.2 Å². The number of phenolic OH excluding ortho intramolecular Hbond substituents is 1. The number of halogens is 3. The van der Waals surface area contributed by atoms with Crippen LogP contribution < -0.4 is 0 Å². The fourth-order valence-electron chi connectivity index (χ4n) is 2.34. The smallest absolute Gasteiger partial charge is 0.166 e. The van der Waals surface area contributed by atoms with Crippen molar-refractivity contribution in [2.24, 2.45) is 0 Å². The van der Waals surface area contributed by atoms with E-state index in [-0.39, 0.29) is 34.2 Å². The van der Waals surface area contributed by atoms with E-state index in [2.05, 4.69) is 6.58 Å². The first-order chi connectivity index (χ1) is 10.3. The van der Waals surface area contributed by atoms with Crippen LogP contribution in [-0.2, 0) is 6.42 Å². The highest BCUT2D eigenvalue weighted by atomic mass is 35.5. The van der Waals surface area contributed by atoms with Crippen molar-refractivity contribution in [2.75, 3.05) is 0 Å². The van der Waals surface area contributed by atoms with Gasteiger partial charge in [0.25, 0.3) is 0 Å². The molecule has 0 atom stereocenters. The maximum absolute atomic E-state index is 14.2. The largest absolute Gasteiger partial charge is 0.508 e. The number of rotatable bonds is 4. The van der Waals surface area contributed by atoms with Crippen LogP contribution in [0.4, 0.5) is 8.78 Å². The van der Waals surface area contributed by atoms with Gasteiger partial charge in [-0.05, 0) is 29.2 Å². The zero-order valence-electron chi connectivity index (χ0n) is 12.5. The van der Waals surface area contributed by atoms with Crippen LogP contribution in [0.2, 0.25) is 5.02 Å². The zero-order chi connectivity index (χ0) is 16.4. The fourth-order valence-corrected chi connectivity index (χ4v) is 2.61. The topological polar surface area (TPSA) is 20.2 Å². The van der Waals surface area contributed by atoms with Crippen LogP contribution in [0.15, 0.2) is 30.8 Å². The Labute approximate surface area is 133 Å². The van der Waals surface area contributed by atoms with E-state index in [1.807, 2.05) is 13.8 Å². The molecule has 0 aromatic heterocycles. The van der Waals surface area contributed by atoms with Crippen molar-refractivity contribution in [3.05, 3.63) is 69.8 Å². The molecule has 116 valence electrons. The van der Waals surface area contributed by atoms with Crippen molar-refractivity contribution >= 4 is 17.7 Å². The summed E-state index contributed by atoms with van der Waals surface area (Å²) in [5.41, 5.74) is 1.66. The third-order valence-corrected chi connectivity index (χ3v) is 3.93. The molecule has 0 saturated carbocycles. The van der Waals surface area contributed by atoms with Gasteiger partial charge in [-0.15, -0.1) is 0 Å². The first-order valence-electron chi connectivity index (χ1n) is 6.95. The molecule has 0 bridgehead atoms. The Bertz CT molecular complexity index is 724. The first kappa shape index (κ1) is 16.5. The Morgan fingerprint density at radius 1 is 1.23 bits per heavy atom. The monoisotopic (exact) mass is 322 g/mol. The predicted molar refractivity (Wildman–Crippen MR) is 86.5 cm³/mol. The SMILES string of the molecule is C=Cc1cc(Cl)c(Cc2ccc(O)c(C(C)C)c2)c(F)c1F. The number of hydrogen-bond acceptors (Lipinski definition) is 1. The molecule has 0 aliphatic rings. The van der Waals surface area contributed by atoms with Gasteiger partial charge in [0.15, 0.2) is 11.6 Å². The molecular weight excluding hydrogens is 306 g/mol. The number of hydrogen-bond donors (Lipinski definition) is 1. The highest BCUT2D eigenvalue weighted by Gasteiger charge is 2.17. The quantitative estimate of drug-likeness (QED) is 0.718. The molecule has 0 heterocycles. The number of phenols is 1. The molecule has 2 aromatic rings. The Morgan fingerprint density at radius 2 is 1.91 bits per heavy atom. The van der Waals surface area contributed by atoms with Gasteiger partial charge in [-0.1, -0.05) is 50.2 Å². The lowest BCUT2D eigenvalue weighted by molar-refractivity contribution is 0.464. The Hall–Kier alpha value is -1.87. The minimum Gasteiger partial charge on any atom is -0.508 e. The van der Waals surface area contributed by atoms with Crippen LogP contribution in [0.25, 0.3) is 6.08 Å². The van der Waals surface area contributed by atoms with E-state index >= 15 is 0 Å². The third kappa shape index (κ3) is 3.14. The minimum absolute atomic E-state index is 0.0415. The van der Waals surface area contributed by atoms with Crippen molar-refractivity contribution in [3.8, 4) is 5.75 Å². The molecule has 0 saturated heterocycles. The summed E-state index contributed by atoms with van der Waals surface area (Å²) in [4.78, 5) is 0. The van der Waals surface area contributed by atoms with E-state index in [1.165, 1.54) is 12.1 Å². The van der Waals surface area contributed by atoms with Crippen molar-refractivity contribution in [3.63, 3.8) is 0 Å². The average Bonchev–Trinajstić information content (AvgIpc) is 2.48. The summed E-state index contributed by atoms with van der Waals surface area (Å²) in [5.74, 6) is -1.59. The Balaban J connectivity index is 2.46. The van der Waals surface area contributed by atoms with Crippen LogP contribution in [0, 0.1) is 11.6 Å². The molecule has 0 spiro atoms. The lowest BCUT2D eigenvalue weighted by Gasteiger charge is -2.13. The standard InChI is InChI=1S/C18H17ClF2O/c1-4-12-9-15(19)14(18(21)17(12)20)8-11-5-6-16(22)13(7-11)10(2)3/h4-7,9-10,22H,1,8H2,2-3H3. The van der Waals surface area contributed by atoms with E-state index < -0.39 is 11.6 Å². The Kier molecular flexibility index (Phi) is 4.87. The van der Waals surface area contributed by atoms with Gasteiger partial charge >= 0.3 is 0 Å². The summed E-state index contributed by atoms with van der Waals surface area (Å²) < 4.78 is 28.0. The third-order valence-electron chi connectivity index (χ3n) is 3.60. The summed E-state index contributed by atoms with van der Waals surface area (Å²) in [6.45, 7) is 7.33. The number of aromatic hydroxyl groups is 1. The summed E-state index contributed by atoms with van der Waals surface area (Å²) in [7, 11) is 0. The van der Waals surface area contributed by atoms with Gasteiger partial charge in [-0.2, -0.15) is 0 Å². The molecule has 2 rings (SSSR count). The summed E-state index contributed by atoms with van der Waals surface area (Å²) >= 11 is 6.07. The van der Waals surface area contributed by atoms with Gasteiger partial charge in [0.1, 0.15) is 5.75 Å². The lowest BCUT2D eigenvalue weighted by Crippen LogP contribution is -2.01. The molecule has 4 heteroatoms. The highest BCUT2D eigenvalue weighted by Crippen LogP contribution is 2.31. The lowest BCUT2D eigenvalue weighted by atomic mass is 9.96. The van der Waals surface area contributed by atoms with Gasteiger partial charge in [0.2, 0.25) is 0 Å². The molecule has 0 radical (unpaired) electrons. The average molecular weight is 323 g/mol. The van der Waals surface area contributed by atoms with E-state index in [4.69, 9.17) is 11.6 Å².